The normalized spacial score (nSPS) is 13.6. The molecule has 0 saturated carbocycles. The van der Waals surface area contributed by atoms with E-state index in [0.717, 1.165) is 30.8 Å². The lowest BCUT2D eigenvalue weighted by Crippen LogP contribution is -2.44. The molecule has 0 bridgehead atoms. The molecule has 0 aliphatic carbocycles. The largest absolute Gasteiger partial charge is 0.497 e. The minimum absolute atomic E-state index is 0.0300. The van der Waals surface area contributed by atoms with Gasteiger partial charge in [0.1, 0.15) is 18.0 Å². The Balaban J connectivity index is 1.39. The number of nitrogens with zero attached hydrogens (tertiary/aromatic N) is 5. The minimum atomic E-state index is -0.110. The molecule has 2 aromatic carbocycles. The number of aromatic nitrogens is 2. The Morgan fingerprint density at radius 2 is 1.74 bits per heavy atom. The van der Waals surface area contributed by atoms with Crippen molar-refractivity contribution in [3.8, 4) is 22.8 Å². The van der Waals surface area contributed by atoms with Crippen LogP contribution in [0.25, 0.3) is 11.3 Å². The van der Waals surface area contributed by atoms with Crippen molar-refractivity contribution in [3.05, 3.63) is 66.2 Å². The first-order valence-corrected chi connectivity index (χ1v) is 13.0. The third-order valence-corrected chi connectivity index (χ3v) is 6.64. The van der Waals surface area contributed by atoms with Crippen LogP contribution in [-0.4, -0.2) is 85.3 Å². The quantitative estimate of drug-likeness (QED) is 0.427. The van der Waals surface area contributed by atoms with Gasteiger partial charge in [-0.3, -0.25) is 9.59 Å². The minimum Gasteiger partial charge on any atom is -0.497 e. The first-order valence-electron chi connectivity index (χ1n) is 13.0. The van der Waals surface area contributed by atoms with Crippen molar-refractivity contribution in [1.29, 1.82) is 0 Å². The Labute approximate surface area is 224 Å². The number of carbonyl (C=O) groups excluding carboxylic acids is 2. The third kappa shape index (κ3) is 6.40. The van der Waals surface area contributed by atoms with Crippen LogP contribution in [0.1, 0.15) is 30.1 Å². The van der Waals surface area contributed by atoms with Crippen LogP contribution in [0.3, 0.4) is 0 Å². The van der Waals surface area contributed by atoms with Crippen LogP contribution in [0.15, 0.2) is 60.7 Å². The summed E-state index contributed by atoms with van der Waals surface area (Å²) in [5.74, 6) is 2.00. The summed E-state index contributed by atoms with van der Waals surface area (Å²) in [6.45, 7) is 5.26. The Bertz CT molecular complexity index is 1220. The zero-order valence-corrected chi connectivity index (χ0v) is 22.3. The molecular weight excluding hydrogens is 482 g/mol. The molecule has 3 aromatic rings. The Hall–Kier alpha value is -4.14. The van der Waals surface area contributed by atoms with Crippen LogP contribution in [0.5, 0.6) is 11.5 Å². The lowest BCUT2D eigenvalue weighted by atomic mass is 10.1. The van der Waals surface area contributed by atoms with Crippen molar-refractivity contribution in [2.45, 2.75) is 19.8 Å². The van der Waals surface area contributed by atoms with Gasteiger partial charge in [-0.2, -0.15) is 0 Å². The predicted octanol–water partition coefficient (Wildman–Crippen LogP) is 3.75. The Morgan fingerprint density at radius 1 is 0.921 bits per heavy atom. The highest BCUT2D eigenvalue weighted by molar-refractivity contribution is 5.96. The number of methoxy groups -OCH3 is 2. The second-order valence-corrected chi connectivity index (χ2v) is 9.16. The molecule has 2 amide bonds. The summed E-state index contributed by atoms with van der Waals surface area (Å²) in [5.41, 5.74) is 2.14. The molecule has 1 fully saturated rings. The van der Waals surface area contributed by atoms with Gasteiger partial charge in [0.05, 0.1) is 19.9 Å². The van der Waals surface area contributed by atoms with Gasteiger partial charge in [0, 0.05) is 49.9 Å². The molecule has 0 spiro atoms. The van der Waals surface area contributed by atoms with Crippen LogP contribution in [0.2, 0.25) is 0 Å². The molecular formula is C29H35N5O4. The van der Waals surface area contributed by atoms with E-state index in [2.05, 4.69) is 15.1 Å². The first kappa shape index (κ1) is 26.9. The van der Waals surface area contributed by atoms with E-state index in [9.17, 15) is 9.59 Å². The lowest BCUT2D eigenvalue weighted by Gasteiger charge is -2.27. The van der Waals surface area contributed by atoms with Crippen molar-refractivity contribution in [2.24, 2.45) is 0 Å². The fourth-order valence-electron chi connectivity index (χ4n) is 4.59. The molecule has 9 heteroatoms. The molecule has 9 nitrogen and oxygen atoms in total. The van der Waals surface area contributed by atoms with E-state index in [1.54, 1.807) is 31.3 Å². The molecule has 0 radical (unpaired) electrons. The summed E-state index contributed by atoms with van der Waals surface area (Å²) in [7, 11) is 3.23. The highest BCUT2D eigenvalue weighted by atomic mass is 16.5. The van der Waals surface area contributed by atoms with Gasteiger partial charge in [-0.05, 0) is 49.2 Å². The van der Waals surface area contributed by atoms with Crippen LogP contribution >= 0.6 is 0 Å². The SMILES string of the molecule is CCCN(CC(=O)N1CCCN(c2ccc(-c3ccc(OC)cc3OC)nn2)CC1)C(=O)c1ccccc1. The standard InChI is InChI=1S/C29H35N5O4/c1-4-15-34(29(36)22-9-6-5-7-10-22)21-28(35)33-17-8-16-32(18-19-33)27-14-13-25(30-31-27)24-12-11-23(37-2)20-26(24)38-3/h5-7,9-14,20H,4,8,15-19,21H2,1-3H3. The first-order chi connectivity index (χ1) is 18.5. The van der Waals surface area contributed by atoms with Gasteiger partial charge < -0.3 is 24.2 Å². The lowest BCUT2D eigenvalue weighted by molar-refractivity contribution is -0.131. The van der Waals surface area contributed by atoms with E-state index in [4.69, 9.17) is 9.47 Å². The third-order valence-electron chi connectivity index (χ3n) is 6.64. The van der Waals surface area contributed by atoms with Crippen molar-refractivity contribution in [3.63, 3.8) is 0 Å². The molecule has 0 N–H and O–H groups in total. The second-order valence-electron chi connectivity index (χ2n) is 9.16. The van der Waals surface area contributed by atoms with Crippen molar-refractivity contribution in [1.82, 2.24) is 20.0 Å². The summed E-state index contributed by atoms with van der Waals surface area (Å²) < 4.78 is 10.8. The maximum absolute atomic E-state index is 13.2. The maximum atomic E-state index is 13.2. The predicted molar refractivity (Wildman–Crippen MR) is 147 cm³/mol. The molecule has 1 aliphatic heterocycles. The van der Waals surface area contributed by atoms with Gasteiger partial charge in [0.25, 0.3) is 5.91 Å². The fraction of sp³-hybridized carbons (Fsp3) is 0.379. The van der Waals surface area contributed by atoms with E-state index < -0.39 is 0 Å². The summed E-state index contributed by atoms with van der Waals surface area (Å²) in [5, 5.41) is 8.91. The summed E-state index contributed by atoms with van der Waals surface area (Å²) in [6.07, 6.45) is 1.60. The summed E-state index contributed by atoms with van der Waals surface area (Å²) >= 11 is 0. The van der Waals surface area contributed by atoms with Crippen molar-refractivity contribution in [2.75, 3.05) is 58.4 Å². The zero-order valence-electron chi connectivity index (χ0n) is 22.3. The highest BCUT2D eigenvalue weighted by Crippen LogP contribution is 2.32. The number of hydrogen-bond donors (Lipinski definition) is 0. The van der Waals surface area contributed by atoms with Crippen molar-refractivity contribution < 1.29 is 19.1 Å². The number of amides is 2. The molecule has 1 aromatic heterocycles. The molecule has 1 aliphatic rings. The molecule has 0 atom stereocenters. The van der Waals surface area contributed by atoms with E-state index >= 15 is 0 Å². The van der Waals surface area contributed by atoms with Gasteiger partial charge in [-0.1, -0.05) is 25.1 Å². The Kier molecular flexibility index (Phi) is 9.13. The number of benzene rings is 2. The fourth-order valence-corrected chi connectivity index (χ4v) is 4.59. The smallest absolute Gasteiger partial charge is 0.254 e. The van der Waals surface area contributed by atoms with Crippen molar-refractivity contribution >= 4 is 17.6 Å². The molecule has 1 saturated heterocycles. The Morgan fingerprint density at radius 3 is 2.42 bits per heavy atom. The number of rotatable bonds is 9. The van der Waals surface area contributed by atoms with E-state index in [1.165, 1.54) is 0 Å². The highest BCUT2D eigenvalue weighted by Gasteiger charge is 2.24. The average molecular weight is 518 g/mol. The molecule has 200 valence electrons. The van der Waals surface area contributed by atoms with Gasteiger partial charge in [0.15, 0.2) is 5.82 Å². The van der Waals surface area contributed by atoms with E-state index in [0.29, 0.717) is 48.9 Å². The van der Waals surface area contributed by atoms with E-state index in [1.807, 2.05) is 60.4 Å². The maximum Gasteiger partial charge on any atom is 0.254 e. The number of carbonyl (C=O) groups is 2. The van der Waals surface area contributed by atoms with Gasteiger partial charge >= 0.3 is 0 Å². The van der Waals surface area contributed by atoms with Crippen LogP contribution < -0.4 is 14.4 Å². The number of hydrogen-bond acceptors (Lipinski definition) is 7. The monoisotopic (exact) mass is 517 g/mol. The molecule has 38 heavy (non-hydrogen) atoms. The zero-order chi connectivity index (χ0) is 26.9. The van der Waals surface area contributed by atoms with Gasteiger partial charge in [-0.25, -0.2) is 0 Å². The molecule has 4 rings (SSSR count). The number of ether oxygens (including phenoxy) is 2. The van der Waals surface area contributed by atoms with Gasteiger partial charge in [-0.15, -0.1) is 10.2 Å². The van der Waals surface area contributed by atoms with Crippen LogP contribution in [-0.2, 0) is 4.79 Å². The summed E-state index contributed by atoms with van der Waals surface area (Å²) in [4.78, 5) is 31.8. The van der Waals surface area contributed by atoms with Crippen LogP contribution in [0.4, 0.5) is 5.82 Å². The van der Waals surface area contributed by atoms with Crippen LogP contribution in [0, 0.1) is 0 Å². The van der Waals surface area contributed by atoms with E-state index in [-0.39, 0.29) is 18.4 Å². The molecule has 2 heterocycles. The second kappa shape index (κ2) is 12.9. The topological polar surface area (TPSA) is 88.1 Å². The average Bonchev–Trinajstić information content (AvgIpc) is 3.23. The number of anilines is 1. The molecule has 0 unspecified atom stereocenters. The summed E-state index contributed by atoms with van der Waals surface area (Å²) in [6, 6.07) is 18.6. The van der Waals surface area contributed by atoms with Gasteiger partial charge in [0.2, 0.25) is 5.91 Å².